The van der Waals surface area contributed by atoms with Crippen molar-refractivity contribution in [3.05, 3.63) is 128 Å². The smallest absolute Gasteiger partial charge is 0.254 e. The molecule has 0 saturated carbocycles. The Labute approximate surface area is 409 Å². The maximum absolute atomic E-state index is 7.05. The number of furan rings is 1. The zero-order valence-electron chi connectivity index (χ0n) is 43.0. The van der Waals surface area contributed by atoms with Crippen LogP contribution in [0.15, 0.2) is 83.3 Å². The Morgan fingerprint density at radius 3 is 1.75 bits per heavy atom. The fraction of sp³-hybridized carbons (Fsp3) is 0.429. The lowest BCUT2D eigenvalue weighted by Crippen LogP contribution is -2.62. The van der Waals surface area contributed by atoms with Crippen molar-refractivity contribution in [3.8, 4) is 0 Å². The molecule has 13 rings (SSSR count). The van der Waals surface area contributed by atoms with Gasteiger partial charge in [-0.3, -0.25) is 0 Å². The van der Waals surface area contributed by atoms with Crippen molar-refractivity contribution >= 4 is 95.0 Å². The van der Waals surface area contributed by atoms with E-state index in [2.05, 4.69) is 185 Å². The largest absolute Gasteiger partial charge is 0.454 e. The Morgan fingerprint density at radius 2 is 1.09 bits per heavy atom. The van der Waals surface area contributed by atoms with Crippen LogP contribution in [0.4, 0.5) is 27.8 Å². The first-order valence-electron chi connectivity index (χ1n) is 26.0. The van der Waals surface area contributed by atoms with Gasteiger partial charge in [-0.25, -0.2) is 0 Å². The number of hydrogen-bond acceptors (Lipinski definition) is 4. The predicted octanol–water partition coefficient (Wildman–Crippen LogP) is 14.1. The molecular weight excluding hydrogens is 844 g/mol. The molecule has 346 valence electrons. The molecule has 0 radical (unpaired) electrons. The van der Waals surface area contributed by atoms with Gasteiger partial charge in [-0.2, -0.15) is 0 Å². The number of nitrogens with zero attached hydrogens (tertiary/aromatic N) is 2. The van der Waals surface area contributed by atoms with E-state index < -0.39 is 0 Å². The van der Waals surface area contributed by atoms with E-state index in [-0.39, 0.29) is 39.2 Å². The molecule has 0 unspecified atom stereocenters. The monoisotopic (exact) mass is 913 g/mol. The van der Waals surface area contributed by atoms with E-state index in [0.29, 0.717) is 0 Å². The van der Waals surface area contributed by atoms with E-state index in [9.17, 15) is 0 Å². The number of thiophene rings is 1. The molecule has 68 heavy (non-hydrogen) atoms. The average molecular weight is 913 g/mol. The third-order valence-corrected chi connectivity index (χ3v) is 19.9. The normalized spacial score (nSPS) is 21.5. The second-order valence-electron chi connectivity index (χ2n) is 26.1. The van der Waals surface area contributed by atoms with E-state index in [1.165, 1.54) is 137 Å². The first-order chi connectivity index (χ1) is 32.1. The fourth-order valence-electron chi connectivity index (χ4n) is 14.2. The number of aryl methyl sites for hydroxylation is 1. The predicted molar refractivity (Wildman–Crippen MR) is 293 cm³/mol. The van der Waals surface area contributed by atoms with Gasteiger partial charge in [0.2, 0.25) is 0 Å². The van der Waals surface area contributed by atoms with Crippen molar-refractivity contribution in [2.75, 3.05) is 9.80 Å². The minimum absolute atomic E-state index is 0.0506. The Bertz CT molecular complexity index is 3520. The second kappa shape index (κ2) is 13.7. The van der Waals surface area contributed by atoms with E-state index in [1.54, 1.807) is 11.1 Å². The highest BCUT2D eigenvalue weighted by Crippen LogP contribution is 2.55. The quantitative estimate of drug-likeness (QED) is 0.161. The second-order valence-corrected chi connectivity index (χ2v) is 27.1. The van der Waals surface area contributed by atoms with Gasteiger partial charge in [0.05, 0.1) is 10.7 Å². The molecule has 0 saturated heterocycles. The Morgan fingerprint density at radius 1 is 0.529 bits per heavy atom. The number of benzene rings is 5. The summed E-state index contributed by atoms with van der Waals surface area (Å²) in [6.45, 7) is 32.2. The Balaban J connectivity index is 1.19. The van der Waals surface area contributed by atoms with Gasteiger partial charge in [-0.05, 0) is 200 Å². The highest BCUT2D eigenvalue weighted by atomic mass is 32.1. The molecule has 7 aromatic rings. The van der Waals surface area contributed by atoms with Crippen molar-refractivity contribution in [3.63, 3.8) is 0 Å². The van der Waals surface area contributed by atoms with E-state index >= 15 is 0 Å². The van der Waals surface area contributed by atoms with Crippen LogP contribution in [-0.2, 0) is 32.5 Å². The van der Waals surface area contributed by atoms with Gasteiger partial charge in [0.25, 0.3) is 6.71 Å². The topological polar surface area (TPSA) is 19.6 Å². The summed E-state index contributed by atoms with van der Waals surface area (Å²) < 4.78 is 8.47. The van der Waals surface area contributed by atoms with Crippen LogP contribution in [0.5, 0.6) is 0 Å². The highest BCUT2D eigenvalue weighted by molar-refractivity contribution is 7.26. The Kier molecular flexibility index (Phi) is 8.65. The summed E-state index contributed by atoms with van der Waals surface area (Å²) in [4.78, 5) is 5.45. The zero-order chi connectivity index (χ0) is 47.4. The molecule has 0 amide bonds. The zero-order valence-corrected chi connectivity index (χ0v) is 43.8. The number of fused-ring (bicyclic) bond motifs is 12. The fourth-order valence-corrected chi connectivity index (χ4v) is 15.5. The average Bonchev–Trinajstić information content (AvgIpc) is 3.86. The van der Waals surface area contributed by atoms with Gasteiger partial charge in [-0.15, -0.1) is 11.3 Å². The molecule has 3 nitrogen and oxygen atoms in total. The van der Waals surface area contributed by atoms with Crippen LogP contribution in [0.2, 0.25) is 0 Å². The van der Waals surface area contributed by atoms with Crippen molar-refractivity contribution < 1.29 is 4.42 Å². The molecule has 2 aromatic heterocycles. The SMILES string of the molecule is Cc1cc2c3c(c1)N(c1ccc4c(c1)C(C)(C)CCC4(C)C)c1sc4cc5c(cc4c1B3c1cc3c(cc1N2C1=c2oc4ccccc4c2=CCC1)C(C)(C)CCC3(C)C)C(C)(C)CCC5(C)C. The molecule has 0 fully saturated rings. The summed E-state index contributed by atoms with van der Waals surface area (Å²) in [7, 11) is 0. The summed E-state index contributed by atoms with van der Waals surface area (Å²) in [5.41, 5.74) is 23.8. The summed E-state index contributed by atoms with van der Waals surface area (Å²) in [6.07, 6.45) is 11.5. The van der Waals surface area contributed by atoms with Gasteiger partial charge in [0.1, 0.15) is 5.58 Å². The van der Waals surface area contributed by atoms with Crippen molar-refractivity contribution in [2.24, 2.45) is 0 Å². The first kappa shape index (κ1) is 43.1. The summed E-state index contributed by atoms with van der Waals surface area (Å²) in [5.74, 6) is 0. The van der Waals surface area contributed by atoms with Crippen molar-refractivity contribution in [1.29, 1.82) is 0 Å². The summed E-state index contributed by atoms with van der Waals surface area (Å²) in [6, 6.07) is 32.1. The molecule has 0 atom stereocenters. The lowest BCUT2D eigenvalue weighted by molar-refractivity contribution is 0.332. The van der Waals surface area contributed by atoms with Crippen molar-refractivity contribution in [2.45, 2.75) is 174 Å². The van der Waals surface area contributed by atoms with Gasteiger partial charge in [0.15, 0.2) is 5.42 Å². The third-order valence-electron chi connectivity index (χ3n) is 18.8. The van der Waals surface area contributed by atoms with Crippen LogP contribution in [0.3, 0.4) is 0 Å². The van der Waals surface area contributed by atoms with Gasteiger partial charge >= 0.3 is 0 Å². The van der Waals surface area contributed by atoms with Crippen LogP contribution >= 0.6 is 11.3 Å². The molecule has 5 aromatic carbocycles. The molecule has 0 spiro atoms. The van der Waals surface area contributed by atoms with Crippen LogP contribution in [-0.4, -0.2) is 6.71 Å². The van der Waals surface area contributed by atoms with Crippen LogP contribution < -0.4 is 36.8 Å². The lowest BCUT2D eigenvalue weighted by atomic mass is 9.33. The van der Waals surface area contributed by atoms with Crippen molar-refractivity contribution in [1.82, 2.24) is 0 Å². The number of para-hydroxylation sites is 1. The maximum atomic E-state index is 7.05. The third kappa shape index (κ3) is 5.84. The van der Waals surface area contributed by atoms with E-state index in [0.717, 1.165) is 23.8 Å². The number of anilines is 5. The molecule has 0 bridgehead atoms. The number of hydrogen-bond donors (Lipinski definition) is 0. The first-order valence-corrected chi connectivity index (χ1v) is 26.8. The standard InChI is InChI=1S/C63H69BN2OS/c1-36-29-50-55-51(30-36)66(48-19-16-18-39-38-17-14-15-20-52(38)67-56(39)48)49-34-45-44(61(8,9)26-27-62(45,10)11)33-47(49)64(55)54-40-32-43-46(63(12,13)28-25-60(43,6)7)35-53(40)68-57(54)65(50)37-21-22-41-42(31-37)59(4,5)24-23-58(41,2)3/h14-15,17-18,20-22,29-35H,16,19,23-28H2,1-13H3. The van der Waals surface area contributed by atoms with Crippen LogP contribution in [0, 0.1) is 6.92 Å². The molecule has 5 heteroatoms. The molecule has 0 N–H and O–H groups in total. The lowest BCUT2D eigenvalue weighted by Gasteiger charge is -2.47. The molecular formula is C63H69BN2OS. The van der Waals surface area contributed by atoms with Gasteiger partial charge < -0.3 is 14.2 Å². The van der Waals surface area contributed by atoms with Crippen LogP contribution in [0.1, 0.15) is 173 Å². The van der Waals surface area contributed by atoms with E-state index in [1.807, 2.05) is 11.3 Å². The Hall–Kier alpha value is -5.00. The molecule has 4 aliphatic carbocycles. The van der Waals surface area contributed by atoms with Crippen LogP contribution in [0.25, 0.3) is 32.8 Å². The molecule has 4 heterocycles. The minimum atomic E-state index is 0.0506. The number of rotatable bonds is 2. The molecule has 6 aliphatic rings. The van der Waals surface area contributed by atoms with Gasteiger partial charge in [0, 0.05) is 38.1 Å². The minimum Gasteiger partial charge on any atom is -0.454 e. The molecule has 2 aliphatic heterocycles. The summed E-state index contributed by atoms with van der Waals surface area (Å²) in [5, 5.41) is 5.28. The van der Waals surface area contributed by atoms with E-state index in [4.69, 9.17) is 4.42 Å². The van der Waals surface area contributed by atoms with Gasteiger partial charge in [-0.1, -0.05) is 119 Å². The highest BCUT2D eigenvalue weighted by Gasteiger charge is 2.50. The maximum Gasteiger partial charge on any atom is 0.254 e. The summed E-state index contributed by atoms with van der Waals surface area (Å²) >= 11 is 2.04.